The topological polar surface area (TPSA) is 61.5 Å². The molecule has 2 aromatic carbocycles. The number of thioether (sulfide) groups is 1. The summed E-state index contributed by atoms with van der Waals surface area (Å²) in [6, 6.07) is 10.2. The van der Waals surface area contributed by atoms with E-state index in [0.29, 0.717) is 22.4 Å². The molecule has 0 aliphatic heterocycles. The van der Waals surface area contributed by atoms with Crippen LogP contribution >= 0.6 is 11.8 Å². The van der Waals surface area contributed by atoms with E-state index in [0.717, 1.165) is 34.4 Å². The van der Waals surface area contributed by atoms with Crippen molar-refractivity contribution in [3.05, 3.63) is 53.6 Å². The predicted molar refractivity (Wildman–Crippen MR) is 107 cm³/mol. The number of hydrogen-bond acceptors (Lipinski definition) is 6. The lowest BCUT2D eigenvalue weighted by Crippen LogP contribution is -2.00. The fourth-order valence-corrected chi connectivity index (χ4v) is 3.83. The zero-order chi connectivity index (χ0) is 19.7. The monoisotopic (exact) mass is 398 g/mol. The van der Waals surface area contributed by atoms with Crippen LogP contribution in [-0.4, -0.2) is 33.8 Å². The molecular formula is C20H19FN4O2S. The van der Waals surface area contributed by atoms with Crippen LogP contribution in [0.2, 0.25) is 0 Å². The van der Waals surface area contributed by atoms with Crippen molar-refractivity contribution in [2.24, 2.45) is 0 Å². The van der Waals surface area contributed by atoms with Crippen LogP contribution < -0.4 is 9.47 Å². The van der Waals surface area contributed by atoms with Crippen molar-refractivity contribution in [3.8, 4) is 11.5 Å². The number of halogens is 1. The standard InChI is InChI=1S/C20H19FN4O2S/c1-4-18-23-19-14-9-16(26-2)17(27-3)10-15(14)22-20(25(19)24-18)28-11-12-5-7-13(21)8-6-12/h5-10H,4,11H2,1-3H3. The van der Waals surface area contributed by atoms with Gasteiger partial charge in [-0.2, -0.15) is 4.52 Å². The second kappa shape index (κ2) is 7.63. The highest BCUT2D eigenvalue weighted by Gasteiger charge is 2.16. The molecule has 0 bridgehead atoms. The third-order valence-corrected chi connectivity index (χ3v) is 5.39. The molecule has 144 valence electrons. The summed E-state index contributed by atoms with van der Waals surface area (Å²) in [6.07, 6.45) is 0.721. The molecule has 0 fully saturated rings. The molecule has 0 atom stereocenters. The highest BCUT2D eigenvalue weighted by molar-refractivity contribution is 7.98. The van der Waals surface area contributed by atoms with E-state index in [4.69, 9.17) is 14.5 Å². The second-order valence-corrected chi connectivity index (χ2v) is 7.09. The smallest absolute Gasteiger partial charge is 0.191 e. The Hall–Kier alpha value is -2.87. The number of hydrogen-bond donors (Lipinski definition) is 0. The summed E-state index contributed by atoms with van der Waals surface area (Å²) in [4.78, 5) is 9.45. The Bertz CT molecular complexity index is 1140. The molecule has 0 aliphatic rings. The molecule has 0 saturated heterocycles. The Morgan fingerprint density at radius 3 is 2.43 bits per heavy atom. The molecule has 6 nitrogen and oxygen atoms in total. The van der Waals surface area contributed by atoms with Crippen molar-refractivity contribution in [2.75, 3.05) is 14.2 Å². The van der Waals surface area contributed by atoms with E-state index in [1.165, 1.54) is 23.9 Å². The van der Waals surface area contributed by atoms with Gasteiger partial charge < -0.3 is 9.47 Å². The van der Waals surface area contributed by atoms with Gasteiger partial charge in [0.05, 0.1) is 19.7 Å². The lowest BCUT2D eigenvalue weighted by atomic mass is 10.2. The van der Waals surface area contributed by atoms with Crippen LogP contribution in [0.25, 0.3) is 16.6 Å². The van der Waals surface area contributed by atoms with E-state index in [1.807, 2.05) is 19.1 Å². The zero-order valence-corrected chi connectivity index (χ0v) is 16.6. The van der Waals surface area contributed by atoms with Crippen molar-refractivity contribution in [3.63, 3.8) is 0 Å². The van der Waals surface area contributed by atoms with Crippen LogP contribution in [0.3, 0.4) is 0 Å². The van der Waals surface area contributed by atoms with Crippen LogP contribution in [0.1, 0.15) is 18.3 Å². The van der Waals surface area contributed by atoms with Gasteiger partial charge in [-0.1, -0.05) is 30.8 Å². The molecule has 0 unspecified atom stereocenters. The van der Waals surface area contributed by atoms with E-state index in [-0.39, 0.29) is 5.82 Å². The van der Waals surface area contributed by atoms with Gasteiger partial charge in [0.15, 0.2) is 28.1 Å². The number of methoxy groups -OCH3 is 2. The molecule has 8 heteroatoms. The molecular weight excluding hydrogens is 379 g/mol. The largest absolute Gasteiger partial charge is 0.493 e. The summed E-state index contributed by atoms with van der Waals surface area (Å²) in [5.74, 6) is 2.36. The maximum absolute atomic E-state index is 13.1. The Kier molecular flexibility index (Phi) is 5.04. The zero-order valence-electron chi connectivity index (χ0n) is 15.8. The highest BCUT2D eigenvalue weighted by atomic mass is 32.2. The quantitative estimate of drug-likeness (QED) is 0.357. The van der Waals surface area contributed by atoms with Gasteiger partial charge >= 0.3 is 0 Å². The van der Waals surface area contributed by atoms with Gasteiger partial charge in [0.2, 0.25) is 0 Å². The number of ether oxygens (including phenoxy) is 2. The minimum Gasteiger partial charge on any atom is -0.493 e. The minimum absolute atomic E-state index is 0.245. The van der Waals surface area contributed by atoms with E-state index < -0.39 is 0 Å². The van der Waals surface area contributed by atoms with E-state index >= 15 is 0 Å². The van der Waals surface area contributed by atoms with Gasteiger partial charge in [-0.25, -0.2) is 14.4 Å². The van der Waals surface area contributed by atoms with Crippen molar-refractivity contribution < 1.29 is 13.9 Å². The molecule has 0 spiro atoms. The van der Waals surface area contributed by atoms with Gasteiger partial charge in [0.1, 0.15) is 5.82 Å². The average molecular weight is 398 g/mol. The number of nitrogens with zero attached hydrogens (tertiary/aromatic N) is 4. The van der Waals surface area contributed by atoms with Crippen molar-refractivity contribution in [2.45, 2.75) is 24.3 Å². The summed E-state index contributed by atoms with van der Waals surface area (Å²) in [5.41, 5.74) is 2.48. The van der Waals surface area contributed by atoms with Crippen LogP contribution in [0.5, 0.6) is 11.5 Å². The molecule has 2 aromatic heterocycles. The summed E-state index contributed by atoms with van der Waals surface area (Å²) in [5, 5.41) is 6.15. The first kappa shape index (κ1) is 18.5. The molecule has 0 radical (unpaired) electrons. The third-order valence-electron chi connectivity index (χ3n) is 4.39. The number of benzene rings is 2. The van der Waals surface area contributed by atoms with E-state index in [2.05, 4.69) is 10.1 Å². The van der Waals surface area contributed by atoms with Gasteiger partial charge in [-0.05, 0) is 23.8 Å². The first-order valence-corrected chi connectivity index (χ1v) is 9.80. The van der Waals surface area contributed by atoms with Crippen LogP contribution in [0.15, 0.2) is 41.6 Å². The second-order valence-electron chi connectivity index (χ2n) is 6.15. The Balaban J connectivity index is 1.83. The van der Waals surface area contributed by atoms with Crippen LogP contribution in [0, 0.1) is 5.82 Å². The van der Waals surface area contributed by atoms with E-state index in [1.54, 1.807) is 30.9 Å². The number of aryl methyl sites for hydroxylation is 1. The molecule has 0 N–H and O–H groups in total. The van der Waals surface area contributed by atoms with Crippen molar-refractivity contribution in [1.29, 1.82) is 0 Å². The molecule has 0 aliphatic carbocycles. The van der Waals surface area contributed by atoms with Crippen LogP contribution in [0.4, 0.5) is 4.39 Å². The molecule has 0 saturated carbocycles. The van der Waals surface area contributed by atoms with Crippen molar-refractivity contribution in [1.82, 2.24) is 19.6 Å². The normalized spacial score (nSPS) is 11.3. The number of rotatable bonds is 6. The molecule has 4 aromatic rings. The number of aromatic nitrogens is 4. The minimum atomic E-state index is -0.245. The van der Waals surface area contributed by atoms with Gasteiger partial charge in [-0.15, -0.1) is 5.10 Å². The summed E-state index contributed by atoms with van der Waals surface area (Å²) < 4.78 is 25.7. The first-order chi connectivity index (χ1) is 13.6. The fraction of sp³-hybridized carbons (Fsp3) is 0.250. The molecule has 28 heavy (non-hydrogen) atoms. The SMILES string of the molecule is CCc1nc2c3cc(OC)c(OC)cc3nc(SCc3ccc(F)cc3)n2n1. The lowest BCUT2D eigenvalue weighted by molar-refractivity contribution is 0.355. The Morgan fingerprint density at radius 1 is 1.04 bits per heavy atom. The summed E-state index contributed by atoms with van der Waals surface area (Å²) >= 11 is 1.53. The maximum Gasteiger partial charge on any atom is 0.191 e. The van der Waals surface area contributed by atoms with Gasteiger partial charge in [0.25, 0.3) is 0 Å². The third kappa shape index (κ3) is 3.35. The summed E-state index contributed by atoms with van der Waals surface area (Å²) in [7, 11) is 3.20. The maximum atomic E-state index is 13.1. The van der Waals surface area contributed by atoms with E-state index in [9.17, 15) is 4.39 Å². The summed E-state index contributed by atoms with van der Waals surface area (Å²) in [6.45, 7) is 2.01. The van der Waals surface area contributed by atoms with Gasteiger partial charge in [-0.3, -0.25) is 0 Å². The lowest BCUT2D eigenvalue weighted by Gasteiger charge is -2.11. The van der Waals surface area contributed by atoms with Gasteiger partial charge in [0, 0.05) is 23.6 Å². The molecule has 2 heterocycles. The highest BCUT2D eigenvalue weighted by Crippen LogP contribution is 2.34. The molecule has 4 rings (SSSR count). The van der Waals surface area contributed by atoms with Crippen LogP contribution in [-0.2, 0) is 12.2 Å². The Labute approximate surface area is 165 Å². The Morgan fingerprint density at radius 2 is 1.75 bits per heavy atom. The average Bonchev–Trinajstić information content (AvgIpc) is 3.17. The number of fused-ring (bicyclic) bond motifs is 3. The van der Waals surface area contributed by atoms with Crippen molar-refractivity contribution >= 4 is 28.3 Å². The fourth-order valence-electron chi connectivity index (χ4n) is 2.92. The predicted octanol–water partition coefficient (Wildman–Crippen LogP) is 4.29. The first-order valence-electron chi connectivity index (χ1n) is 8.81. The molecule has 0 amide bonds.